The SMILES string of the molecule is [CH2]c1ccc(C(=O)Nc2cc(-c3ccccc3)ccc2N)cc1. The summed E-state index contributed by atoms with van der Waals surface area (Å²) in [5, 5.41) is 2.87. The maximum Gasteiger partial charge on any atom is 0.255 e. The molecule has 0 heterocycles. The predicted molar refractivity (Wildman–Crippen MR) is 95.1 cm³/mol. The largest absolute Gasteiger partial charge is 0.397 e. The van der Waals surface area contributed by atoms with Gasteiger partial charge in [0.2, 0.25) is 0 Å². The third kappa shape index (κ3) is 3.40. The molecule has 0 fully saturated rings. The summed E-state index contributed by atoms with van der Waals surface area (Å²) >= 11 is 0. The van der Waals surface area contributed by atoms with Crippen LogP contribution in [0.2, 0.25) is 0 Å². The average molecular weight is 301 g/mol. The molecule has 113 valence electrons. The van der Waals surface area contributed by atoms with Gasteiger partial charge in [0.15, 0.2) is 0 Å². The van der Waals surface area contributed by atoms with Crippen LogP contribution in [0.15, 0.2) is 72.8 Å². The van der Waals surface area contributed by atoms with Gasteiger partial charge in [-0.05, 0) is 47.9 Å². The number of nitrogen functional groups attached to an aromatic ring is 1. The summed E-state index contributed by atoms with van der Waals surface area (Å²) < 4.78 is 0. The van der Waals surface area contributed by atoms with Crippen molar-refractivity contribution in [3.63, 3.8) is 0 Å². The van der Waals surface area contributed by atoms with Gasteiger partial charge in [-0.3, -0.25) is 4.79 Å². The first-order valence-electron chi connectivity index (χ1n) is 7.32. The molecule has 1 radical (unpaired) electrons. The van der Waals surface area contributed by atoms with Crippen molar-refractivity contribution in [1.29, 1.82) is 0 Å². The summed E-state index contributed by atoms with van der Waals surface area (Å²) in [4.78, 5) is 12.3. The van der Waals surface area contributed by atoms with Crippen LogP contribution in [0.4, 0.5) is 11.4 Å². The van der Waals surface area contributed by atoms with E-state index in [1.807, 2.05) is 42.5 Å². The maximum absolute atomic E-state index is 12.3. The van der Waals surface area contributed by atoms with Gasteiger partial charge >= 0.3 is 0 Å². The van der Waals surface area contributed by atoms with E-state index in [0.29, 0.717) is 16.9 Å². The number of anilines is 2. The van der Waals surface area contributed by atoms with Crippen LogP contribution in [-0.2, 0) is 0 Å². The van der Waals surface area contributed by atoms with Gasteiger partial charge in [-0.2, -0.15) is 0 Å². The number of hydrogen-bond donors (Lipinski definition) is 2. The van der Waals surface area contributed by atoms with E-state index in [1.54, 1.807) is 30.3 Å². The highest BCUT2D eigenvalue weighted by Crippen LogP contribution is 2.27. The van der Waals surface area contributed by atoms with Gasteiger partial charge in [-0.1, -0.05) is 48.5 Å². The smallest absolute Gasteiger partial charge is 0.255 e. The molecule has 0 aliphatic rings. The molecule has 23 heavy (non-hydrogen) atoms. The lowest BCUT2D eigenvalue weighted by Crippen LogP contribution is -2.13. The minimum absolute atomic E-state index is 0.193. The van der Waals surface area contributed by atoms with Crippen molar-refractivity contribution in [2.24, 2.45) is 0 Å². The summed E-state index contributed by atoms with van der Waals surface area (Å²) in [5.74, 6) is -0.193. The van der Waals surface area contributed by atoms with E-state index in [-0.39, 0.29) is 5.91 Å². The molecule has 0 aromatic heterocycles. The molecule has 0 aliphatic heterocycles. The zero-order chi connectivity index (χ0) is 16.2. The first kappa shape index (κ1) is 14.9. The van der Waals surface area contributed by atoms with Crippen molar-refractivity contribution in [2.45, 2.75) is 0 Å². The summed E-state index contributed by atoms with van der Waals surface area (Å²) in [7, 11) is 0. The van der Waals surface area contributed by atoms with Gasteiger partial charge in [0.25, 0.3) is 5.91 Å². The minimum atomic E-state index is -0.193. The normalized spacial score (nSPS) is 10.3. The van der Waals surface area contributed by atoms with Crippen molar-refractivity contribution in [3.05, 3.63) is 90.8 Å². The van der Waals surface area contributed by atoms with E-state index >= 15 is 0 Å². The average Bonchev–Trinajstić information content (AvgIpc) is 2.58. The van der Waals surface area contributed by atoms with E-state index < -0.39 is 0 Å². The fourth-order valence-electron chi connectivity index (χ4n) is 2.33. The number of nitrogens with two attached hydrogens (primary N) is 1. The molecule has 3 aromatic rings. The lowest BCUT2D eigenvalue weighted by Gasteiger charge is -2.11. The summed E-state index contributed by atoms with van der Waals surface area (Å²) in [6, 6.07) is 22.7. The minimum Gasteiger partial charge on any atom is -0.397 e. The van der Waals surface area contributed by atoms with E-state index in [2.05, 4.69) is 12.2 Å². The third-order valence-corrected chi connectivity index (χ3v) is 3.62. The molecule has 3 aromatic carbocycles. The molecule has 0 saturated heterocycles. The number of carbonyl (C=O) groups excluding carboxylic acids is 1. The molecule has 3 rings (SSSR count). The zero-order valence-electron chi connectivity index (χ0n) is 12.6. The molecule has 0 spiro atoms. The topological polar surface area (TPSA) is 55.1 Å². The van der Waals surface area contributed by atoms with E-state index in [1.165, 1.54) is 0 Å². The van der Waals surface area contributed by atoms with Crippen LogP contribution in [0.3, 0.4) is 0 Å². The standard InChI is InChI=1S/C20H17N2O/c1-14-7-9-16(10-8-14)20(23)22-19-13-17(11-12-18(19)21)15-5-3-2-4-6-15/h2-13H,1,21H2,(H,22,23). The molecule has 0 saturated carbocycles. The molecule has 1 amide bonds. The molecular weight excluding hydrogens is 284 g/mol. The first-order valence-corrected chi connectivity index (χ1v) is 7.32. The Morgan fingerprint density at radius 3 is 2.26 bits per heavy atom. The Morgan fingerprint density at radius 2 is 1.57 bits per heavy atom. The molecule has 0 atom stereocenters. The van der Waals surface area contributed by atoms with Crippen LogP contribution >= 0.6 is 0 Å². The Hall–Kier alpha value is -3.07. The van der Waals surface area contributed by atoms with Crippen molar-refractivity contribution in [2.75, 3.05) is 11.1 Å². The number of nitrogens with one attached hydrogen (secondary N) is 1. The third-order valence-electron chi connectivity index (χ3n) is 3.62. The summed E-state index contributed by atoms with van der Waals surface area (Å²) in [6.45, 7) is 3.81. The Bertz CT molecular complexity index is 824. The van der Waals surface area contributed by atoms with Crippen LogP contribution in [0.5, 0.6) is 0 Å². The van der Waals surface area contributed by atoms with Crippen LogP contribution in [0.1, 0.15) is 15.9 Å². The monoisotopic (exact) mass is 301 g/mol. The van der Waals surface area contributed by atoms with Gasteiger partial charge in [-0.15, -0.1) is 0 Å². The van der Waals surface area contributed by atoms with E-state index in [9.17, 15) is 4.79 Å². The maximum atomic E-state index is 12.3. The Labute approximate surface area is 135 Å². The quantitative estimate of drug-likeness (QED) is 0.706. The van der Waals surface area contributed by atoms with Crippen LogP contribution < -0.4 is 11.1 Å². The van der Waals surface area contributed by atoms with Crippen LogP contribution in [0.25, 0.3) is 11.1 Å². The number of amides is 1. The molecule has 3 nitrogen and oxygen atoms in total. The first-order chi connectivity index (χ1) is 11.1. The number of carbonyl (C=O) groups is 1. The van der Waals surface area contributed by atoms with Gasteiger partial charge in [0.1, 0.15) is 0 Å². The van der Waals surface area contributed by atoms with E-state index in [4.69, 9.17) is 5.73 Å². The second kappa shape index (κ2) is 6.36. The number of rotatable bonds is 3. The second-order valence-corrected chi connectivity index (χ2v) is 5.32. The molecule has 3 heteroatoms. The highest BCUT2D eigenvalue weighted by atomic mass is 16.1. The van der Waals surface area contributed by atoms with Crippen molar-refractivity contribution in [1.82, 2.24) is 0 Å². The van der Waals surface area contributed by atoms with Crippen molar-refractivity contribution in [3.8, 4) is 11.1 Å². The Morgan fingerprint density at radius 1 is 0.870 bits per heavy atom. The highest BCUT2D eigenvalue weighted by Gasteiger charge is 2.09. The molecule has 0 bridgehead atoms. The second-order valence-electron chi connectivity index (χ2n) is 5.32. The molecule has 0 unspecified atom stereocenters. The summed E-state index contributed by atoms with van der Waals surface area (Å²) in [5.41, 5.74) is 10.6. The van der Waals surface area contributed by atoms with Crippen LogP contribution in [-0.4, -0.2) is 5.91 Å². The Kier molecular flexibility index (Phi) is 4.11. The number of benzene rings is 3. The van der Waals surface area contributed by atoms with E-state index in [0.717, 1.165) is 16.7 Å². The highest BCUT2D eigenvalue weighted by molar-refractivity contribution is 6.06. The predicted octanol–water partition coefficient (Wildman–Crippen LogP) is 4.37. The zero-order valence-corrected chi connectivity index (χ0v) is 12.6. The lowest BCUT2D eigenvalue weighted by atomic mass is 10.0. The lowest BCUT2D eigenvalue weighted by molar-refractivity contribution is 0.102. The molecule has 3 N–H and O–H groups in total. The van der Waals surface area contributed by atoms with Gasteiger partial charge in [-0.25, -0.2) is 0 Å². The van der Waals surface area contributed by atoms with Crippen LogP contribution in [0, 0.1) is 6.92 Å². The fraction of sp³-hybridized carbons (Fsp3) is 0. The van der Waals surface area contributed by atoms with Crippen molar-refractivity contribution >= 4 is 17.3 Å². The fourth-order valence-corrected chi connectivity index (χ4v) is 2.33. The van der Waals surface area contributed by atoms with Gasteiger partial charge in [0.05, 0.1) is 11.4 Å². The number of hydrogen-bond acceptors (Lipinski definition) is 2. The summed E-state index contributed by atoms with van der Waals surface area (Å²) in [6.07, 6.45) is 0. The van der Waals surface area contributed by atoms with Crippen molar-refractivity contribution < 1.29 is 4.79 Å². The molecular formula is C20H17N2O. The van der Waals surface area contributed by atoms with Gasteiger partial charge < -0.3 is 11.1 Å². The molecule has 0 aliphatic carbocycles. The Balaban J connectivity index is 1.88. The van der Waals surface area contributed by atoms with Gasteiger partial charge in [0, 0.05) is 5.56 Å².